The first kappa shape index (κ1) is 12.5. The van der Waals surface area contributed by atoms with E-state index >= 15 is 0 Å². The summed E-state index contributed by atoms with van der Waals surface area (Å²) < 4.78 is 59.1. The van der Waals surface area contributed by atoms with Crippen LogP contribution in [0.5, 0.6) is 0 Å². The van der Waals surface area contributed by atoms with Crippen LogP contribution < -0.4 is 0 Å². The van der Waals surface area contributed by atoms with Gasteiger partial charge in [0.15, 0.2) is 9.84 Å². The summed E-state index contributed by atoms with van der Waals surface area (Å²) in [5.74, 6) is 0. The van der Waals surface area contributed by atoms with Crippen LogP contribution >= 0.6 is 0 Å². The molecule has 0 bridgehead atoms. The van der Waals surface area contributed by atoms with Crippen molar-refractivity contribution in [2.45, 2.75) is 11.1 Å². The number of alkyl halides is 3. The van der Waals surface area contributed by atoms with Crippen molar-refractivity contribution in [1.82, 2.24) is 0 Å². The number of nitriles is 1. The van der Waals surface area contributed by atoms with Gasteiger partial charge in [0, 0.05) is 6.26 Å². The van der Waals surface area contributed by atoms with E-state index in [4.69, 9.17) is 5.26 Å². The number of sulfone groups is 1. The van der Waals surface area contributed by atoms with Crippen LogP contribution in [0, 0.1) is 11.3 Å². The molecule has 86 valence electrons. The molecule has 0 unspecified atom stereocenters. The van der Waals surface area contributed by atoms with Crippen molar-refractivity contribution in [3.8, 4) is 6.07 Å². The van der Waals surface area contributed by atoms with Gasteiger partial charge in [-0.05, 0) is 18.2 Å². The van der Waals surface area contributed by atoms with E-state index in [1.165, 1.54) is 6.07 Å². The Balaban J connectivity index is 3.48. The van der Waals surface area contributed by atoms with Crippen molar-refractivity contribution >= 4 is 9.84 Å². The minimum absolute atomic E-state index is 0.400. The van der Waals surface area contributed by atoms with Gasteiger partial charge < -0.3 is 0 Å². The maximum Gasteiger partial charge on any atom is 0.416 e. The molecule has 0 atom stereocenters. The smallest absolute Gasteiger partial charge is 0.224 e. The summed E-state index contributed by atoms with van der Waals surface area (Å²) in [4.78, 5) is -0.400. The van der Waals surface area contributed by atoms with Gasteiger partial charge in [-0.3, -0.25) is 0 Å². The predicted molar refractivity (Wildman–Crippen MR) is 49.3 cm³/mol. The molecule has 0 aromatic heterocycles. The molecule has 0 fully saturated rings. The molecule has 1 aromatic carbocycles. The largest absolute Gasteiger partial charge is 0.416 e. The van der Waals surface area contributed by atoms with Crippen molar-refractivity contribution in [1.29, 1.82) is 5.26 Å². The van der Waals surface area contributed by atoms with Crippen molar-refractivity contribution in [3.63, 3.8) is 0 Å². The molecule has 7 heteroatoms. The van der Waals surface area contributed by atoms with E-state index in [1.807, 2.05) is 0 Å². The first-order valence-electron chi connectivity index (χ1n) is 3.97. The second kappa shape index (κ2) is 3.79. The number of hydrogen-bond acceptors (Lipinski definition) is 3. The third kappa shape index (κ3) is 2.52. The molecule has 16 heavy (non-hydrogen) atoms. The highest BCUT2D eigenvalue weighted by Crippen LogP contribution is 2.31. The van der Waals surface area contributed by atoms with E-state index in [2.05, 4.69) is 0 Å². The van der Waals surface area contributed by atoms with Crippen molar-refractivity contribution < 1.29 is 21.6 Å². The lowest BCUT2D eigenvalue weighted by atomic mass is 10.1. The molecule has 0 saturated carbocycles. The Bertz CT molecular complexity index is 555. The van der Waals surface area contributed by atoms with E-state index in [-0.39, 0.29) is 0 Å². The fourth-order valence-electron chi connectivity index (χ4n) is 1.12. The molecule has 0 aliphatic carbocycles. The zero-order valence-corrected chi connectivity index (χ0v) is 8.85. The standard InChI is InChI=1S/C9H6F3NO2S/c1-16(14,15)8-3-2-7(9(10,11)12)4-6(8)5-13/h2-4H,1H3. The van der Waals surface area contributed by atoms with Gasteiger partial charge in [0.25, 0.3) is 0 Å². The summed E-state index contributed by atoms with van der Waals surface area (Å²) in [6.07, 6.45) is -3.77. The number of benzene rings is 1. The first-order chi connectivity index (χ1) is 7.16. The molecule has 1 aromatic rings. The second-order valence-electron chi connectivity index (χ2n) is 3.09. The summed E-state index contributed by atoms with van der Waals surface area (Å²) in [6.45, 7) is 0. The van der Waals surface area contributed by atoms with Crippen LogP contribution in [-0.4, -0.2) is 14.7 Å². The monoisotopic (exact) mass is 249 g/mol. The minimum atomic E-state index is -4.60. The van der Waals surface area contributed by atoms with Crippen molar-refractivity contribution in [2.24, 2.45) is 0 Å². The highest BCUT2D eigenvalue weighted by atomic mass is 32.2. The Morgan fingerprint density at radius 2 is 1.88 bits per heavy atom. The average Bonchev–Trinajstić information content (AvgIpc) is 2.14. The molecule has 0 saturated heterocycles. The van der Waals surface area contributed by atoms with Gasteiger partial charge in [-0.2, -0.15) is 18.4 Å². The Kier molecular flexibility index (Phi) is 2.97. The Morgan fingerprint density at radius 3 is 2.25 bits per heavy atom. The number of hydrogen-bond donors (Lipinski definition) is 0. The van der Waals surface area contributed by atoms with Crippen LogP contribution in [0.15, 0.2) is 23.1 Å². The molecule has 0 N–H and O–H groups in total. The van der Waals surface area contributed by atoms with Crippen LogP contribution in [0.3, 0.4) is 0 Å². The fraction of sp³-hybridized carbons (Fsp3) is 0.222. The summed E-state index contributed by atoms with van der Waals surface area (Å²) >= 11 is 0. The predicted octanol–water partition coefficient (Wildman–Crippen LogP) is 1.98. The average molecular weight is 249 g/mol. The number of halogens is 3. The Labute approximate surface area is 90.0 Å². The fourth-order valence-corrected chi connectivity index (χ4v) is 1.94. The normalized spacial score (nSPS) is 12.2. The number of nitrogens with zero attached hydrogens (tertiary/aromatic N) is 1. The summed E-state index contributed by atoms with van der Waals surface area (Å²) in [5.41, 5.74) is -1.55. The van der Waals surface area contributed by atoms with Gasteiger partial charge in [-0.25, -0.2) is 8.42 Å². The van der Waals surface area contributed by atoms with Gasteiger partial charge in [-0.15, -0.1) is 0 Å². The van der Waals surface area contributed by atoms with Crippen molar-refractivity contribution in [2.75, 3.05) is 6.26 Å². The third-order valence-corrected chi connectivity index (χ3v) is 2.98. The lowest BCUT2D eigenvalue weighted by molar-refractivity contribution is -0.137. The van der Waals surface area contributed by atoms with Crippen LogP contribution in [0.2, 0.25) is 0 Å². The molecule has 0 amide bonds. The summed E-state index contributed by atoms with van der Waals surface area (Å²) in [6, 6.07) is 3.38. The zero-order chi connectivity index (χ0) is 12.6. The van der Waals surface area contributed by atoms with Gasteiger partial charge >= 0.3 is 6.18 Å². The lowest BCUT2D eigenvalue weighted by Gasteiger charge is -2.08. The van der Waals surface area contributed by atoms with Crippen molar-refractivity contribution in [3.05, 3.63) is 29.3 Å². The SMILES string of the molecule is CS(=O)(=O)c1ccc(C(F)(F)F)cc1C#N. The second-order valence-corrected chi connectivity index (χ2v) is 5.08. The minimum Gasteiger partial charge on any atom is -0.224 e. The first-order valence-corrected chi connectivity index (χ1v) is 5.87. The van der Waals surface area contributed by atoms with Crippen LogP contribution in [0.4, 0.5) is 13.2 Å². The molecule has 3 nitrogen and oxygen atoms in total. The van der Waals surface area contributed by atoms with Gasteiger partial charge in [0.05, 0.1) is 16.0 Å². The molecule has 0 heterocycles. The molecule has 0 radical (unpaired) electrons. The summed E-state index contributed by atoms with van der Waals surface area (Å²) in [5, 5.41) is 8.59. The molecular weight excluding hydrogens is 243 g/mol. The lowest BCUT2D eigenvalue weighted by Crippen LogP contribution is -2.08. The van der Waals surface area contributed by atoms with Gasteiger partial charge in [0.1, 0.15) is 6.07 Å². The van der Waals surface area contributed by atoms with Crippen LogP contribution in [-0.2, 0) is 16.0 Å². The summed E-state index contributed by atoms with van der Waals surface area (Å²) in [7, 11) is -3.70. The van der Waals surface area contributed by atoms with Crippen LogP contribution in [0.1, 0.15) is 11.1 Å². The van der Waals surface area contributed by atoms with Gasteiger partial charge in [0.2, 0.25) is 0 Å². The quantitative estimate of drug-likeness (QED) is 0.764. The van der Waals surface area contributed by atoms with Gasteiger partial charge in [-0.1, -0.05) is 0 Å². The molecule has 0 spiro atoms. The third-order valence-electron chi connectivity index (χ3n) is 1.83. The van der Waals surface area contributed by atoms with E-state index < -0.39 is 32.0 Å². The molecule has 0 aliphatic rings. The number of rotatable bonds is 1. The Morgan fingerprint density at radius 1 is 1.31 bits per heavy atom. The highest BCUT2D eigenvalue weighted by molar-refractivity contribution is 7.90. The molecule has 0 aliphatic heterocycles. The van der Waals surface area contributed by atoms with E-state index in [1.54, 1.807) is 0 Å². The maximum absolute atomic E-state index is 12.3. The van der Waals surface area contributed by atoms with E-state index in [9.17, 15) is 21.6 Å². The highest BCUT2D eigenvalue weighted by Gasteiger charge is 2.31. The Hall–Kier alpha value is -1.55. The molecular formula is C9H6F3NO2S. The van der Waals surface area contributed by atoms with E-state index in [0.29, 0.717) is 12.1 Å². The van der Waals surface area contributed by atoms with Crippen LogP contribution in [0.25, 0.3) is 0 Å². The maximum atomic E-state index is 12.3. The van der Waals surface area contributed by atoms with E-state index in [0.717, 1.165) is 12.3 Å². The topological polar surface area (TPSA) is 57.9 Å². The molecule has 1 rings (SSSR count). The zero-order valence-electron chi connectivity index (χ0n) is 8.04.